The van der Waals surface area contributed by atoms with Crippen molar-refractivity contribution >= 4 is 17.6 Å². The van der Waals surface area contributed by atoms with E-state index in [0.29, 0.717) is 22.9 Å². The zero-order chi connectivity index (χ0) is 16.7. The van der Waals surface area contributed by atoms with Crippen LogP contribution in [0.15, 0.2) is 22.1 Å². The molecule has 0 fully saturated rings. The lowest BCUT2D eigenvalue weighted by Gasteiger charge is -2.14. The van der Waals surface area contributed by atoms with Crippen LogP contribution in [0.2, 0.25) is 0 Å². The van der Waals surface area contributed by atoms with Crippen molar-refractivity contribution in [3.8, 4) is 17.2 Å². The normalized spacial score (nSPS) is 12.3. The minimum absolute atomic E-state index is 0.0396. The van der Waals surface area contributed by atoms with Crippen LogP contribution < -0.4 is 31.0 Å². The molecule has 0 heterocycles. The van der Waals surface area contributed by atoms with E-state index in [9.17, 15) is 0 Å². The first-order valence-electron chi connectivity index (χ1n) is 6.65. The number of nitrogens with two attached hydrogens (primary N) is 2. The van der Waals surface area contributed by atoms with E-state index >= 15 is 0 Å². The highest BCUT2D eigenvalue weighted by molar-refractivity contribution is 6.00. The summed E-state index contributed by atoms with van der Waals surface area (Å²) in [6, 6.07) is 3.46. The number of guanidine groups is 2. The van der Waals surface area contributed by atoms with E-state index in [1.54, 1.807) is 12.1 Å². The van der Waals surface area contributed by atoms with E-state index in [1.165, 1.54) is 21.3 Å². The Morgan fingerprint density at radius 2 is 1.59 bits per heavy atom. The van der Waals surface area contributed by atoms with Gasteiger partial charge in [0.1, 0.15) is 0 Å². The standard InChI is InChI=1S/C14H23N5O3/c1-8(2)17-13(15)19-14(16)18-9-6-10(20-3)12(22-5)11(7-9)21-4/h6-8H,1-5H3,(H5,15,16,17,18,19). The summed E-state index contributed by atoms with van der Waals surface area (Å²) in [5, 5.41) is 2.90. The second kappa shape index (κ2) is 7.96. The van der Waals surface area contributed by atoms with Gasteiger partial charge in [-0.05, 0) is 13.8 Å². The monoisotopic (exact) mass is 309 g/mol. The summed E-state index contributed by atoms with van der Waals surface area (Å²) in [4.78, 5) is 8.04. The van der Waals surface area contributed by atoms with Gasteiger partial charge in [-0.25, -0.2) is 4.99 Å². The van der Waals surface area contributed by atoms with E-state index in [-0.39, 0.29) is 18.0 Å². The molecule has 0 saturated carbocycles. The lowest BCUT2D eigenvalue weighted by atomic mass is 10.2. The topological polar surface area (TPSA) is 116 Å². The minimum atomic E-state index is 0.0396. The molecule has 8 nitrogen and oxygen atoms in total. The average molecular weight is 309 g/mol. The number of aliphatic imine (C=N–C) groups is 2. The third-order valence-electron chi connectivity index (χ3n) is 2.56. The molecule has 122 valence electrons. The van der Waals surface area contributed by atoms with Crippen LogP contribution in [0.5, 0.6) is 17.2 Å². The van der Waals surface area contributed by atoms with Gasteiger partial charge in [-0.3, -0.25) is 0 Å². The van der Waals surface area contributed by atoms with Gasteiger partial charge in [-0.1, -0.05) is 0 Å². The van der Waals surface area contributed by atoms with E-state index in [0.717, 1.165) is 0 Å². The second-order valence-corrected chi connectivity index (χ2v) is 4.62. The average Bonchev–Trinajstić information content (AvgIpc) is 2.44. The van der Waals surface area contributed by atoms with E-state index in [4.69, 9.17) is 25.7 Å². The molecule has 0 bridgehead atoms. The molecule has 0 unspecified atom stereocenters. The van der Waals surface area contributed by atoms with Crippen molar-refractivity contribution in [1.29, 1.82) is 0 Å². The van der Waals surface area contributed by atoms with Crippen molar-refractivity contribution < 1.29 is 14.2 Å². The Morgan fingerprint density at radius 3 is 2.00 bits per heavy atom. The van der Waals surface area contributed by atoms with Gasteiger partial charge in [-0.15, -0.1) is 0 Å². The van der Waals surface area contributed by atoms with Crippen LogP contribution in [0.4, 0.5) is 5.69 Å². The fourth-order valence-corrected chi connectivity index (χ4v) is 1.75. The maximum Gasteiger partial charge on any atom is 0.218 e. The first-order chi connectivity index (χ1) is 10.4. The molecule has 0 aliphatic carbocycles. The number of anilines is 1. The molecule has 22 heavy (non-hydrogen) atoms. The number of hydrogen-bond donors (Lipinski definition) is 3. The first kappa shape index (κ1) is 17.4. The van der Waals surface area contributed by atoms with E-state index < -0.39 is 0 Å². The van der Waals surface area contributed by atoms with Crippen LogP contribution >= 0.6 is 0 Å². The fraction of sp³-hybridized carbons (Fsp3) is 0.429. The van der Waals surface area contributed by atoms with Crippen LogP contribution in [0.3, 0.4) is 0 Å². The van der Waals surface area contributed by atoms with Crippen molar-refractivity contribution in [3.05, 3.63) is 12.1 Å². The first-order valence-corrected chi connectivity index (χ1v) is 6.65. The quantitative estimate of drug-likeness (QED) is 0.555. The van der Waals surface area contributed by atoms with E-state index in [1.807, 2.05) is 13.8 Å². The molecule has 0 aromatic heterocycles. The highest BCUT2D eigenvalue weighted by Crippen LogP contribution is 2.39. The minimum Gasteiger partial charge on any atom is -0.493 e. The number of ether oxygens (including phenoxy) is 3. The summed E-state index contributed by atoms with van der Waals surface area (Å²) in [6.07, 6.45) is 0. The highest BCUT2D eigenvalue weighted by atomic mass is 16.5. The number of methoxy groups -OCH3 is 3. The van der Waals surface area contributed by atoms with Crippen molar-refractivity contribution in [2.45, 2.75) is 19.9 Å². The number of benzene rings is 1. The fourth-order valence-electron chi connectivity index (χ4n) is 1.75. The Hall–Kier alpha value is -2.64. The summed E-state index contributed by atoms with van der Waals surface area (Å²) < 4.78 is 15.8. The summed E-state index contributed by atoms with van der Waals surface area (Å²) in [7, 11) is 4.60. The third-order valence-corrected chi connectivity index (χ3v) is 2.56. The predicted octanol–water partition coefficient (Wildman–Crippen LogP) is 1.16. The number of rotatable bonds is 5. The zero-order valence-corrected chi connectivity index (χ0v) is 13.5. The van der Waals surface area contributed by atoms with Gasteiger partial charge in [0.2, 0.25) is 17.7 Å². The molecule has 0 aliphatic heterocycles. The largest absolute Gasteiger partial charge is 0.493 e. The summed E-state index contributed by atoms with van der Waals surface area (Å²) in [5.41, 5.74) is 12.1. The summed E-state index contributed by atoms with van der Waals surface area (Å²) in [6.45, 7) is 3.79. The molecule has 1 rings (SSSR count). The van der Waals surface area contributed by atoms with Crippen molar-refractivity contribution in [2.24, 2.45) is 21.5 Å². The van der Waals surface area contributed by atoms with E-state index in [2.05, 4.69) is 15.3 Å². The van der Waals surface area contributed by atoms with Crippen LogP contribution in [0, 0.1) is 0 Å². The maximum atomic E-state index is 5.80. The molecule has 0 atom stereocenters. The van der Waals surface area contributed by atoms with Crippen LogP contribution in [-0.2, 0) is 0 Å². The lowest BCUT2D eigenvalue weighted by molar-refractivity contribution is 0.324. The molecule has 0 saturated heterocycles. The third kappa shape index (κ3) is 4.72. The molecule has 1 aromatic carbocycles. The Bertz CT molecular complexity index is 545. The number of nitrogens with zero attached hydrogens (tertiary/aromatic N) is 2. The molecule has 8 heteroatoms. The molecule has 0 radical (unpaired) electrons. The molecule has 1 aromatic rings. The number of hydrogen-bond acceptors (Lipinski definition) is 4. The molecule has 0 amide bonds. The Morgan fingerprint density at radius 1 is 1.05 bits per heavy atom. The summed E-state index contributed by atoms with van der Waals surface area (Å²) in [5.74, 6) is 1.71. The molecular formula is C14H23N5O3. The molecule has 0 spiro atoms. The Kier molecular flexibility index (Phi) is 6.30. The number of nitrogens with one attached hydrogen (secondary N) is 1. The van der Waals surface area contributed by atoms with Gasteiger partial charge in [0, 0.05) is 23.9 Å². The molecule has 0 aliphatic rings. The van der Waals surface area contributed by atoms with Crippen molar-refractivity contribution in [2.75, 3.05) is 26.6 Å². The van der Waals surface area contributed by atoms with Crippen molar-refractivity contribution in [3.63, 3.8) is 0 Å². The van der Waals surface area contributed by atoms with Gasteiger partial charge in [-0.2, -0.15) is 4.99 Å². The molecular weight excluding hydrogens is 286 g/mol. The van der Waals surface area contributed by atoms with Crippen LogP contribution in [0.1, 0.15) is 13.8 Å². The SMILES string of the molecule is COc1cc(N/C(N)=N\C(N)=NC(C)C)cc(OC)c1OC. The summed E-state index contributed by atoms with van der Waals surface area (Å²) >= 11 is 0. The van der Waals surface area contributed by atoms with Gasteiger partial charge in [0.15, 0.2) is 11.5 Å². The Balaban J connectivity index is 3.05. The maximum absolute atomic E-state index is 5.80. The Labute approximate surface area is 130 Å². The van der Waals surface area contributed by atoms with Crippen LogP contribution in [0.25, 0.3) is 0 Å². The smallest absolute Gasteiger partial charge is 0.218 e. The molecule has 5 N–H and O–H groups in total. The van der Waals surface area contributed by atoms with Crippen molar-refractivity contribution in [1.82, 2.24) is 0 Å². The second-order valence-electron chi connectivity index (χ2n) is 4.62. The lowest BCUT2D eigenvalue weighted by Crippen LogP contribution is -2.26. The van der Waals surface area contributed by atoms with Crippen LogP contribution in [-0.4, -0.2) is 39.3 Å². The highest BCUT2D eigenvalue weighted by Gasteiger charge is 2.13. The van der Waals surface area contributed by atoms with Gasteiger partial charge >= 0.3 is 0 Å². The zero-order valence-electron chi connectivity index (χ0n) is 13.5. The van der Waals surface area contributed by atoms with Gasteiger partial charge < -0.3 is 31.0 Å². The predicted molar refractivity (Wildman–Crippen MR) is 88.1 cm³/mol. The van der Waals surface area contributed by atoms with Gasteiger partial charge in [0.05, 0.1) is 21.3 Å². The van der Waals surface area contributed by atoms with Gasteiger partial charge in [0.25, 0.3) is 0 Å².